The first-order valence-corrected chi connectivity index (χ1v) is 13.6. The van der Waals surface area contributed by atoms with Crippen LogP contribution < -0.4 is 20.7 Å². The molecular formula is C30H22N4O10S2U2-12. The molecule has 0 saturated heterocycles. The summed E-state index contributed by atoms with van der Waals surface area (Å²) in [5.74, 6) is -2.19. The van der Waals surface area contributed by atoms with Gasteiger partial charge in [-0.2, -0.15) is 0 Å². The summed E-state index contributed by atoms with van der Waals surface area (Å²) in [4.78, 5) is 37.2. The first-order chi connectivity index (χ1) is 20.5. The number of carboxylic acids is 2. The van der Waals surface area contributed by atoms with E-state index < -0.39 is 11.9 Å². The molecule has 48 heavy (non-hydrogen) atoms. The molecule has 18 heteroatoms. The molecule has 6 heterocycles. The molecule has 0 radical (unpaired) electrons. The molecule has 0 atom stereocenters. The van der Waals surface area contributed by atoms with Crippen molar-refractivity contribution < 1.29 is 114 Å². The maximum atomic E-state index is 9.96. The van der Waals surface area contributed by atoms with Crippen LogP contribution >= 0.6 is 22.7 Å². The van der Waals surface area contributed by atoms with Crippen molar-refractivity contribution in [2.24, 2.45) is 0 Å². The number of hydrogen-bond donors (Lipinski definition) is 0. The molecule has 0 aliphatic heterocycles. The fraction of sp³-hybridized carbons (Fsp3) is 0. The Morgan fingerprint density at radius 2 is 0.688 bits per heavy atom. The quantitative estimate of drug-likeness (QED) is 0.182. The molecule has 0 amide bonds. The summed E-state index contributed by atoms with van der Waals surface area (Å²) >= 11 is 2.34. The number of rotatable bonds is 4. The minimum atomic E-state index is -1.10. The average Bonchev–Trinajstić information content (AvgIpc) is 3.81. The van der Waals surface area contributed by atoms with Gasteiger partial charge in [0.1, 0.15) is 0 Å². The van der Waals surface area contributed by atoms with Crippen LogP contribution in [0.4, 0.5) is 0 Å². The monoisotopic (exact) mass is 1140 g/mol. The second kappa shape index (κ2) is 33.7. The summed E-state index contributed by atoms with van der Waals surface area (Å²) in [6.45, 7) is 0. The number of aromatic carboxylic acids is 2. The van der Waals surface area contributed by atoms with Crippen molar-refractivity contribution in [3.05, 3.63) is 142 Å². The zero-order valence-corrected chi connectivity index (χ0v) is 34.3. The van der Waals surface area contributed by atoms with Gasteiger partial charge in [0.15, 0.2) is 0 Å². The Hall–Kier alpha value is -3.20. The third-order valence-electron chi connectivity index (χ3n) is 4.63. The van der Waals surface area contributed by atoms with E-state index in [1.165, 1.54) is 34.8 Å². The molecule has 0 fully saturated rings. The Kier molecular flexibility index (Phi) is 38.1. The Balaban J connectivity index is -0.000000164. The van der Waals surface area contributed by atoms with Crippen LogP contribution in [-0.4, -0.2) is 31.9 Å². The zero-order chi connectivity index (χ0) is 30.4. The number of pyridine rings is 4. The molecule has 0 aliphatic carbocycles. The topological polar surface area (TPSA) is 292 Å². The van der Waals surface area contributed by atoms with Gasteiger partial charge in [-0.25, -0.2) is 0 Å². The molecule has 6 rings (SSSR count). The molecule has 254 valence electrons. The second-order valence-electron chi connectivity index (χ2n) is 7.39. The number of thiophene rings is 2. The van der Waals surface area contributed by atoms with Crippen molar-refractivity contribution in [2.45, 2.75) is 0 Å². The number of carbonyl (C=O) groups is 2. The van der Waals surface area contributed by atoms with Crippen LogP contribution in [0.3, 0.4) is 0 Å². The molecule has 0 bridgehead atoms. The van der Waals surface area contributed by atoms with Crippen LogP contribution in [0.2, 0.25) is 0 Å². The van der Waals surface area contributed by atoms with E-state index in [1.54, 1.807) is 47.7 Å². The second-order valence-corrected chi connectivity index (χ2v) is 9.28. The van der Waals surface area contributed by atoms with Gasteiger partial charge in [-0.1, -0.05) is 36.4 Å². The third-order valence-corrected chi connectivity index (χ3v) is 6.33. The third kappa shape index (κ3) is 21.6. The molecule has 0 N–H and O–H groups in total. The Morgan fingerprint density at radius 3 is 0.812 bits per heavy atom. The van der Waals surface area contributed by atoms with E-state index in [0.29, 0.717) is 0 Å². The van der Waals surface area contributed by atoms with Crippen LogP contribution in [0, 0.1) is 62.2 Å². The first kappa shape index (κ1) is 54.3. The maximum absolute atomic E-state index is 9.96. The Labute approximate surface area is 331 Å². The predicted molar refractivity (Wildman–Crippen MR) is 155 cm³/mol. The van der Waals surface area contributed by atoms with E-state index in [1.807, 2.05) is 72.8 Å². The molecule has 0 saturated carbocycles. The zero-order valence-electron chi connectivity index (χ0n) is 24.4. The minimum Gasteiger partial charge on any atom is -2.00 e. The number of aromatic nitrogens is 4. The summed E-state index contributed by atoms with van der Waals surface area (Å²) in [5.41, 5.74) is 3.66. The molecule has 14 nitrogen and oxygen atoms in total. The van der Waals surface area contributed by atoms with Crippen LogP contribution in [0.5, 0.6) is 0 Å². The Morgan fingerprint density at radius 1 is 0.438 bits per heavy atom. The van der Waals surface area contributed by atoms with Gasteiger partial charge >= 0.3 is 0 Å². The molecule has 0 aliphatic rings. The molecule has 0 aromatic carbocycles. The van der Waals surface area contributed by atoms with Crippen molar-refractivity contribution in [1.82, 2.24) is 19.9 Å². The number of nitrogens with zero attached hydrogens (tertiary/aromatic N) is 4. The largest absolute Gasteiger partial charge is 2.00 e. The van der Waals surface area contributed by atoms with Gasteiger partial charge in [0.05, 0.1) is 34.7 Å². The van der Waals surface area contributed by atoms with Crippen LogP contribution in [0.15, 0.2) is 133 Å². The fourth-order valence-electron chi connectivity index (χ4n) is 2.85. The number of hydrogen-bond acceptors (Lipinski definition) is 12. The van der Waals surface area contributed by atoms with E-state index >= 15 is 0 Å². The van der Waals surface area contributed by atoms with Gasteiger partial charge in [0.2, 0.25) is 0 Å². The van der Waals surface area contributed by atoms with Crippen molar-refractivity contribution in [2.75, 3.05) is 0 Å². The van der Waals surface area contributed by atoms with Crippen LogP contribution in [0.25, 0.3) is 22.8 Å². The van der Waals surface area contributed by atoms with Gasteiger partial charge in [-0.3, -0.25) is 19.9 Å². The fourth-order valence-corrected chi connectivity index (χ4v) is 3.96. The predicted octanol–water partition coefficient (Wildman–Crippen LogP) is 1.66. The van der Waals surface area contributed by atoms with E-state index in [9.17, 15) is 19.8 Å². The smallest absolute Gasteiger partial charge is 0.0886 e. The van der Waals surface area contributed by atoms with E-state index in [-0.39, 0.29) is 93.9 Å². The summed E-state index contributed by atoms with van der Waals surface area (Å²) in [6.07, 6.45) is 7.07. The van der Waals surface area contributed by atoms with Crippen molar-refractivity contribution >= 4 is 34.6 Å². The van der Waals surface area contributed by atoms with Gasteiger partial charge in [0, 0.05) is 96.8 Å². The molecule has 6 aromatic rings. The maximum Gasteiger partial charge on any atom is 0.0886 e. The van der Waals surface area contributed by atoms with Gasteiger partial charge in [0.25, 0.3) is 0 Å². The normalized spacial score (nSPS) is 7.96. The van der Waals surface area contributed by atoms with Crippen LogP contribution in [0.1, 0.15) is 19.3 Å². The first-order valence-electron chi connectivity index (χ1n) is 11.9. The minimum absolute atomic E-state index is 0. The van der Waals surface area contributed by atoms with Crippen molar-refractivity contribution in [3.8, 4) is 22.8 Å². The standard InChI is InChI=1S/2C10H8N2.2C5H4O2S.O2.4O.2U/c2*1-3-7-11-9(5-1)10-6-2-4-8-12-10;2*6-5(7)4-2-1-3-8-4;1-2;;;;;;/h2*1-8H;2*1-3H,(H,6,7);;;;;;;/q;;;;5*-2;;/p-2. The Bertz CT molecular complexity index is 1350. The van der Waals surface area contributed by atoms with Crippen molar-refractivity contribution in [3.63, 3.8) is 0 Å². The SMILES string of the molecule is O=C([O-])c1cccs1.O=C([O-])c1cccs1.[O-2].[O-2].[O-2].[O-2].[O-][O-].[U].[U].c1ccc(-c2ccccn2)nc1.c1ccc(-c2ccccn2)nc1. The van der Waals surface area contributed by atoms with E-state index in [0.717, 1.165) is 22.8 Å². The molecular weight excluding hydrogens is 1120 g/mol. The van der Waals surface area contributed by atoms with Gasteiger partial charge < -0.3 is 52.2 Å². The van der Waals surface area contributed by atoms with Crippen molar-refractivity contribution in [1.29, 1.82) is 0 Å². The average molecular weight is 1140 g/mol. The summed E-state index contributed by atoms with van der Waals surface area (Å²) in [6, 6.07) is 29.6. The molecule has 0 spiro atoms. The van der Waals surface area contributed by atoms with E-state index in [4.69, 9.17) is 10.5 Å². The van der Waals surface area contributed by atoms with Crippen LogP contribution in [-0.2, 0) is 21.9 Å². The summed E-state index contributed by atoms with van der Waals surface area (Å²) < 4.78 is 0. The van der Waals surface area contributed by atoms with Gasteiger partial charge in [-0.15, -0.1) is 22.7 Å². The molecule has 6 aromatic heterocycles. The van der Waals surface area contributed by atoms with E-state index in [2.05, 4.69) is 19.9 Å². The molecule has 0 unspecified atom stereocenters. The summed E-state index contributed by atoms with van der Waals surface area (Å²) in [5, 5.41) is 37.3. The summed E-state index contributed by atoms with van der Waals surface area (Å²) in [7, 11) is 0. The number of carbonyl (C=O) groups excluding carboxylic acids is 2. The number of carboxylic acid groups (broad SMARTS) is 2. The van der Waals surface area contributed by atoms with Gasteiger partial charge in [-0.05, 0) is 71.4 Å².